The van der Waals surface area contributed by atoms with E-state index in [1.165, 1.54) is 6.92 Å². The molecule has 5 nitrogen and oxygen atoms in total. The van der Waals surface area contributed by atoms with E-state index < -0.39 is 0 Å². The first-order valence-electron chi connectivity index (χ1n) is 9.08. The summed E-state index contributed by atoms with van der Waals surface area (Å²) in [7, 11) is 0. The Labute approximate surface area is 172 Å². The van der Waals surface area contributed by atoms with Crippen molar-refractivity contribution in [2.45, 2.75) is 6.92 Å². The molecule has 0 aliphatic heterocycles. The molecule has 0 radical (unpaired) electrons. The van der Waals surface area contributed by atoms with Crippen LogP contribution in [-0.4, -0.2) is 23.3 Å². The van der Waals surface area contributed by atoms with Gasteiger partial charge in [0.25, 0.3) is 5.91 Å². The van der Waals surface area contributed by atoms with Crippen molar-refractivity contribution in [2.75, 3.05) is 11.9 Å². The van der Waals surface area contributed by atoms with Crippen LogP contribution in [0.15, 0.2) is 72.8 Å². The molecular weight excluding hydrogens is 384 g/mol. The zero-order valence-corrected chi connectivity index (χ0v) is 16.5. The first-order valence-corrected chi connectivity index (χ1v) is 9.90. The van der Waals surface area contributed by atoms with Crippen LogP contribution in [-0.2, 0) is 4.79 Å². The smallest absolute Gasteiger partial charge is 0.262 e. The zero-order chi connectivity index (χ0) is 20.2. The second kappa shape index (κ2) is 8.24. The standard InChI is InChI=1S/C23H18N2O3S/c1-15(26)16-8-12-19(13-9-16)28-14-22(27)24-18-10-6-17(7-11-18)23-25-20-4-2-3-5-21(20)29-23/h2-13H,14H2,1H3,(H,24,27). The maximum atomic E-state index is 12.1. The summed E-state index contributed by atoms with van der Waals surface area (Å²) in [5, 5.41) is 3.76. The summed E-state index contributed by atoms with van der Waals surface area (Å²) < 4.78 is 6.62. The molecule has 3 aromatic carbocycles. The fourth-order valence-corrected chi connectivity index (χ4v) is 3.79. The topological polar surface area (TPSA) is 68.3 Å². The highest BCUT2D eigenvalue weighted by molar-refractivity contribution is 7.21. The van der Waals surface area contributed by atoms with Crippen LogP contribution >= 0.6 is 11.3 Å². The number of fused-ring (bicyclic) bond motifs is 1. The minimum atomic E-state index is -0.256. The van der Waals surface area contributed by atoms with Crippen LogP contribution in [0.3, 0.4) is 0 Å². The molecule has 1 aromatic heterocycles. The number of anilines is 1. The van der Waals surface area contributed by atoms with E-state index in [1.54, 1.807) is 35.6 Å². The second-order valence-electron chi connectivity index (χ2n) is 6.48. The Morgan fingerprint density at radius 1 is 0.966 bits per heavy atom. The Kier molecular flexibility index (Phi) is 5.35. The van der Waals surface area contributed by atoms with Crippen molar-refractivity contribution in [2.24, 2.45) is 0 Å². The number of rotatable bonds is 6. The van der Waals surface area contributed by atoms with Crippen LogP contribution in [0.1, 0.15) is 17.3 Å². The van der Waals surface area contributed by atoms with Crippen LogP contribution in [0.2, 0.25) is 0 Å². The molecule has 0 atom stereocenters. The van der Waals surface area contributed by atoms with E-state index in [0.717, 1.165) is 20.8 Å². The van der Waals surface area contributed by atoms with Gasteiger partial charge < -0.3 is 10.1 Å². The number of Topliss-reactive ketones (excluding diaryl/α,β-unsaturated/α-hetero) is 1. The van der Waals surface area contributed by atoms with E-state index in [2.05, 4.69) is 16.4 Å². The van der Waals surface area contributed by atoms with Gasteiger partial charge in [-0.15, -0.1) is 11.3 Å². The summed E-state index contributed by atoms with van der Waals surface area (Å²) in [5.74, 6) is 0.272. The Balaban J connectivity index is 1.35. The van der Waals surface area contributed by atoms with Gasteiger partial charge in [0.05, 0.1) is 10.2 Å². The summed E-state index contributed by atoms with van der Waals surface area (Å²) >= 11 is 1.64. The third-order valence-corrected chi connectivity index (χ3v) is 5.43. The minimum Gasteiger partial charge on any atom is -0.484 e. The van der Waals surface area contributed by atoms with Crippen LogP contribution in [0.5, 0.6) is 5.75 Å². The highest BCUT2D eigenvalue weighted by Gasteiger charge is 2.08. The van der Waals surface area contributed by atoms with Gasteiger partial charge in [0, 0.05) is 16.8 Å². The molecule has 0 unspecified atom stereocenters. The van der Waals surface area contributed by atoms with Gasteiger partial charge in [-0.2, -0.15) is 0 Å². The number of hydrogen-bond acceptors (Lipinski definition) is 5. The predicted octanol–water partition coefficient (Wildman–Crippen LogP) is 5.18. The van der Waals surface area contributed by atoms with Crippen molar-refractivity contribution in [3.05, 3.63) is 78.4 Å². The monoisotopic (exact) mass is 402 g/mol. The molecule has 1 heterocycles. The van der Waals surface area contributed by atoms with E-state index in [4.69, 9.17) is 4.74 Å². The molecule has 144 valence electrons. The minimum absolute atomic E-state index is 0.0106. The van der Waals surface area contributed by atoms with Crippen LogP contribution in [0.25, 0.3) is 20.8 Å². The van der Waals surface area contributed by atoms with Crippen molar-refractivity contribution < 1.29 is 14.3 Å². The average Bonchev–Trinajstić information content (AvgIpc) is 3.17. The molecule has 0 bridgehead atoms. The number of ether oxygens (including phenoxy) is 1. The lowest BCUT2D eigenvalue weighted by Gasteiger charge is -2.08. The van der Waals surface area contributed by atoms with E-state index in [-0.39, 0.29) is 18.3 Å². The number of nitrogens with zero attached hydrogens (tertiary/aromatic N) is 1. The fraction of sp³-hybridized carbons (Fsp3) is 0.0870. The van der Waals surface area contributed by atoms with Gasteiger partial charge in [-0.25, -0.2) is 4.98 Å². The van der Waals surface area contributed by atoms with E-state index in [9.17, 15) is 9.59 Å². The van der Waals surface area contributed by atoms with Crippen molar-refractivity contribution in [3.63, 3.8) is 0 Å². The Morgan fingerprint density at radius 2 is 1.69 bits per heavy atom. The number of carbonyl (C=O) groups is 2. The highest BCUT2D eigenvalue weighted by atomic mass is 32.1. The number of amides is 1. The number of carbonyl (C=O) groups excluding carboxylic acids is 2. The van der Waals surface area contributed by atoms with E-state index in [1.807, 2.05) is 42.5 Å². The molecule has 0 aliphatic carbocycles. The number of para-hydroxylation sites is 1. The van der Waals surface area contributed by atoms with Crippen LogP contribution in [0.4, 0.5) is 5.69 Å². The third kappa shape index (κ3) is 4.50. The van der Waals surface area contributed by atoms with Gasteiger partial charge in [0.2, 0.25) is 0 Å². The Bertz CT molecular complexity index is 1130. The second-order valence-corrected chi connectivity index (χ2v) is 7.51. The highest BCUT2D eigenvalue weighted by Crippen LogP contribution is 2.30. The molecule has 29 heavy (non-hydrogen) atoms. The first kappa shape index (κ1) is 18.8. The number of ketones is 1. The van der Waals surface area contributed by atoms with Gasteiger partial charge >= 0.3 is 0 Å². The van der Waals surface area contributed by atoms with Gasteiger partial charge in [-0.1, -0.05) is 12.1 Å². The van der Waals surface area contributed by atoms with Crippen molar-refractivity contribution in [1.82, 2.24) is 4.98 Å². The predicted molar refractivity (Wildman–Crippen MR) is 116 cm³/mol. The Morgan fingerprint density at radius 3 is 2.38 bits per heavy atom. The van der Waals surface area contributed by atoms with Gasteiger partial charge in [-0.05, 0) is 67.6 Å². The summed E-state index contributed by atoms with van der Waals surface area (Å²) in [5.41, 5.74) is 3.29. The average molecular weight is 402 g/mol. The summed E-state index contributed by atoms with van der Waals surface area (Å²) in [6, 6.07) is 22.3. The van der Waals surface area contributed by atoms with Crippen molar-refractivity contribution >= 4 is 38.9 Å². The summed E-state index contributed by atoms with van der Waals surface area (Å²) in [6.07, 6.45) is 0. The molecule has 4 aromatic rings. The van der Waals surface area contributed by atoms with Gasteiger partial charge in [0.1, 0.15) is 10.8 Å². The van der Waals surface area contributed by atoms with E-state index in [0.29, 0.717) is 17.0 Å². The molecular formula is C23H18N2O3S. The maximum absolute atomic E-state index is 12.1. The normalized spacial score (nSPS) is 10.7. The molecule has 0 saturated heterocycles. The van der Waals surface area contributed by atoms with Crippen molar-refractivity contribution in [3.8, 4) is 16.3 Å². The summed E-state index contributed by atoms with van der Waals surface area (Å²) in [4.78, 5) is 28.1. The molecule has 0 saturated carbocycles. The molecule has 0 spiro atoms. The zero-order valence-electron chi connectivity index (χ0n) is 15.7. The first-order chi connectivity index (χ1) is 14.1. The SMILES string of the molecule is CC(=O)c1ccc(OCC(=O)Nc2ccc(-c3nc4ccccc4s3)cc2)cc1. The molecule has 4 rings (SSSR count). The van der Waals surface area contributed by atoms with Crippen LogP contribution < -0.4 is 10.1 Å². The lowest BCUT2D eigenvalue weighted by Crippen LogP contribution is -2.20. The summed E-state index contributed by atoms with van der Waals surface area (Å²) in [6.45, 7) is 1.39. The lowest BCUT2D eigenvalue weighted by atomic mass is 10.1. The van der Waals surface area contributed by atoms with Gasteiger partial charge in [0.15, 0.2) is 12.4 Å². The largest absolute Gasteiger partial charge is 0.484 e. The molecule has 1 amide bonds. The number of nitrogens with one attached hydrogen (secondary N) is 1. The van der Waals surface area contributed by atoms with Crippen LogP contribution in [0, 0.1) is 0 Å². The maximum Gasteiger partial charge on any atom is 0.262 e. The molecule has 6 heteroatoms. The third-order valence-electron chi connectivity index (χ3n) is 4.34. The number of aromatic nitrogens is 1. The molecule has 1 N–H and O–H groups in total. The number of thiazole rings is 1. The van der Waals surface area contributed by atoms with Crippen molar-refractivity contribution in [1.29, 1.82) is 0 Å². The fourth-order valence-electron chi connectivity index (χ4n) is 2.82. The molecule has 0 aliphatic rings. The quantitative estimate of drug-likeness (QED) is 0.451. The number of hydrogen-bond donors (Lipinski definition) is 1. The Hall–Kier alpha value is -3.51. The van der Waals surface area contributed by atoms with Gasteiger partial charge in [-0.3, -0.25) is 9.59 Å². The lowest BCUT2D eigenvalue weighted by molar-refractivity contribution is -0.118. The van der Waals surface area contributed by atoms with E-state index >= 15 is 0 Å². The number of benzene rings is 3. The molecule has 0 fully saturated rings.